The van der Waals surface area contributed by atoms with Gasteiger partial charge in [-0.25, -0.2) is 8.78 Å². The molecule has 19 heavy (non-hydrogen) atoms. The van der Waals surface area contributed by atoms with E-state index in [1.807, 2.05) is 6.92 Å². The first kappa shape index (κ1) is 16.7. The Hall–Kier alpha value is -0.310. The Morgan fingerprint density at radius 2 is 2.11 bits per heavy atom. The van der Waals surface area contributed by atoms with Crippen LogP contribution in [0.1, 0.15) is 26.2 Å². The van der Waals surface area contributed by atoms with E-state index < -0.39 is 23.2 Å². The smallest absolute Gasteiger partial charge is 0.282 e. The lowest BCUT2D eigenvalue weighted by molar-refractivity contribution is 0.121. The van der Waals surface area contributed by atoms with E-state index in [1.54, 1.807) is 0 Å². The summed E-state index contributed by atoms with van der Waals surface area (Å²) in [6.07, 6.45) is -0.128. The van der Waals surface area contributed by atoms with Gasteiger partial charge in [0.2, 0.25) is 0 Å². The highest BCUT2D eigenvalue weighted by Crippen LogP contribution is 2.22. The zero-order valence-corrected chi connectivity index (χ0v) is 12.3. The third-order valence-corrected chi connectivity index (χ3v) is 5.30. The predicted octanol–water partition coefficient (Wildman–Crippen LogP) is 0.892. The van der Waals surface area contributed by atoms with Gasteiger partial charge in [-0.15, -0.1) is 0 Å². The molecular formula is C11H23F2N3O2S. The fourth-order valence-electron chi connectivity index (χ4n) is 2.26. The molecule has 114 valence electrons. The van der Waals surface area contributed by atoms with Crippen molar-refractivity contribution in [2.24, 2.45) is 0 Å². The Balaban J connectivity index is 2.77. The Kier molecular flexibility index (Phi) is 6.58. The number of rotatable bonds is 7. The highest BCUT2D eigenvalue weighted by atomic mass is 32.2. The standard InChI is InChI=1S/C11H23F2N3O2S/c1-3-14-8-10-6-4-5-7-16(10)19(17,18)15(2)9-11(12)13/h10-11,14H,3-9H2,1-2H3. The second-order valence-corrected chi connectivity index (χ2v) is 6.74. The van der Waals surface area contributed by atoms with Crippen molar-refractivity contribution >= 4 is 10.2 Å². The summed E-state index contributed by atoms with van der Waals surface area (Å²) in [4.78, 5) is 0. The van der Waals surface area contributed by atoms with Crippen LogP contribution < -0.4 is 5.32 Å². The molecule has 0 aromatic rings. The van der Waals surface area contributed by atoms with Crippen LogP contribution in [-0.4, -0.2) is 62.7 Å². The highest BCUT2D eigenvalue weighted by Gasteiger charge is 2.35. The molecule has 1 heterocycles. The summed E-state index contributed by atoms with van der Waals surface area (Å²) in [7, 11) is -2.58. The van der Waals surface area contributed by atoms with E-state index in [2.05, 4.69) is 5.32 Å². The number of likely N-dealkylation sites (N-methyl/N-ethyl adjacent to an activating group) is 1. The second-order valence-electron chi connectivity index (χ2n) is 4.75. The van der Waals surface area contributed by atoms with Crippen LogP contribution in [0.4, 0.5) is 8.78 Å². The maximum atomic E-state index is 12.3. The molecule has 8 heteroatoms. The van der Waals surface area contributed by atoms with E-state index in [0.29, 0.717) is 13.1 Å². The molecule has 1 atom stereocenters. The van der Waals surface area contributed by atoms with Crippen LogP contribution in [0.3, 0.4) is 0 Å². The highest BCUT2D eigenvalue weighted by molar-refractivity contribution is 7.86. The van der Waals surface area contributed by atoms with Crippen LogP contribution in [0.15, 0.2) is 0 Å². The van der Waals surface area contributed by atoms with Crippen molar-refractivity contribution in [1.29, 1.82) is 0 Å². The normalized spacial score (nSPS) is 22.3. The molecule has 0 aliphatic carbocycles. The molecule has 1 aliphatic rings. The number of nitrogens with zero attached hydrogens (tertiary/aromatic N) is 2. The molecule has 0 spiro atoms. The van der Waals surface area contributed by atoms with Gasteiger partial charge in [-0.1, -0.05) is 13.3 Å². The van der Waals surface area contributed by atoms with Gasteiger partial charge in [0.1, 0.15) is 0 Å². The quantitative estimate of drug-likeness (QED) is 0.760. The largest absolute Gasteiger partial charge is 0.315 e. The van der Waals surface area contributed by atoms with E-state index in [4.69, 9.17) is 0 Å². The third-order valence-electron chi connectivity index (χ3n) is 3.29. The van der Waals surface area contributed by atoms with Gasteiger partial charge >= 0.3 is 0 Å². The summed E-state index contributed by atoms with van der Waals surface area (Å²) in [6, 6.07) is -0.140. The van der Waals surface area contributed by atoms with Crippen LogP contribution in [0.25, 0.3) is 0 Å². The summed E-state index contributed by atoms with van der Waals surface area (Å²) < 4.78 is 51.4. The molecule has 1 saturated heterocycles. The number of halogens is 2. The van der Waals surface area contributed by atoms with E-state index in [9.17, 15) is 17.2 Å². The average Bonchev–Trinajstić information content (AvgIpc) is 2.35. The van der Waals surface area contributed by atoms with Gasteiger partial charge in [-0.2, -0.15) is 17.0 Å². The minimum atomic E-state index is -3.79. The van der Waals surface area contributed by atoms with Crippen molar-refractivity contribution < 1.29 is 17.2 Å². The summed E-state index contributed by atoms with van der Waals surface area (Å²) in [5.74, 6) is 0. The summed E-state index contributed by atoms with van der Waals surface area (Å²) in [6.45, 7) is 2.93. The molecular weight excluding hydrogens is 276 g/mol. The lowest BCUT2D eigenvalue weighted by atomic mass is 10.1. The van der Waals surface area contributed by atoms with Crippen LogP contribution in [0, 0.1) is 0 Å². The molecule has 0 amide bonds. The zero-order chi connectivity index (χ0) is 14.5. The average molecular weight is 299 g/mol. The lowest BCUT2D eigenvalue weighted by Crippen LogP contribution is -2.53. The van der Waals surface area contributed by atoms with E-state index in [0.717, 1.165) is 30.1 Å². The van der Waals surface area contributed by atoms with E-state index in [-0.39, 0.29) is 6.04 Å². The molecule has 0 radical (unpaired) electrons. The van der Waals surface area contributed by atoms with Gasteiger partial charge in [0.05, 0.1) is 6.54 Å². The van der Waals surface area contributed by atoms with Crippen LogP contribution in [0.5, 0.6) is 0 Å². The molecule has 1 N–H and O–H groups in total. The van der Waals surface area contributed by atoms with Gasteiger partial charge in [-0.3, -0.25) is 0 Å². The molecule has 0 aromatic carbocycles. The van der Waals surface area contributed by atoms with Gasteiger partial charge in [-0.05, 0) is 19.4 Å². The third kappa shape index (κ3) is 4.62. The van der Waals surface area contributed by atoms with Crippen molar-refractivity contribution in [3.05, 3.63) is 0 Å². The minimum Gasteiger partial charge on any atom is -0.315 e. The fourth-order valence-corrected chi connectivity index (χ4v) is 3.84. The number of nitrogens with one attached hydrogen (secondary N) is 1. The molecule has 5 nitrogen and oxygen atoms in total. The predicted molar refractivity (Wildman–Crippen MR) is 70.4 cm³/mol. The topological polar surface area (TPSA) is 52.7 Å². The first-order valence-corrected chi connectivity index (χ1v) is 8.01. The number of hydrogen-bond acceptors (Lipinski definition) is 3. The number of piperidine rings is 1. The lowest BCUT2D eigenvalue weighted by Gasteiger charge is -2.37. The van der Waals surface area contributed by atoms with Gasteiger partial charge in [0.15, 0.2) is 0 Å². The van der Waals surface area contributed by atoms with Gasteiger partial charge in [0.25, 0.3) is 16.6 Å². The van der Waals surface area contributed by atoms with Crippen LogP contribution >= 0.6 is 0 Å². The van der Waals surface area contributed by atoms with Crippen molar-refractivity contribution in [3.63, 3.8) is 0 Å². The first-order chi connectivity index (χ1) is 8.89. The van der Waals surface area contributed by atoms with Crippen LogP contribution in [0.2, 0.25) is 0 Å². The van der Waals surface area contributed by atoms with Crippen molar-refractivity contribution in [1.82, 2.24) is 13.9 Å². The van der Waals surface area contributed by atoms with Crippen molar-refractivity contribution in [2.45, 2.75) is 38.7 Å². The maximum Gasteiger partial charge on any atom is 0.282 e. The van der Waals surface area contributed by atoms with Crippen molar-refractivity contribution in [2.75, 3.05) is 33.2 Å². The Morgan fingerprint density at radius 1 is 1.42 bits per heavy atom. The number of alkyl halides is 2. The zero-order valence-electron chi connectivity index (χ0n) is 11.5. The van der Waals surface area contributed by atoms with E-state index in [1.165, 1.54) is 11.4 Å². The summed E-state index contributed by atoms with van der Waals surface area (Å²) in [5, 5.41) is 3.13. The van der Waals surface area contributed by atoms with E-state index >= 15 is 0 Å². The molecule has 0 bridgehead atoms. The van der Waals surface area contributed by atoms with Crippen molar-refractivity contribution in [3.8, 4) is 0 Å². The molecule has 0 saturated carbocycles. The molecule has 1 fully saturated rings. The Bertz CT molecular complexity index is 365. The minimum absolute atomic E-state index is 0.140. The molecule has 1 aliphatic heterocycles. The number of hydrogen-bond donors (Lipinski definition) is 1. The monoisotopic (exact) mass is 299 g/mol. The Morgan fingerprint density at radius 3 is 2.68 bits per heavy atom. The molecule has 0 aromatic heterocycles. The fraction of sp³-hybridized carbons (Fsp3) is 1.00. The maximum absolute atomic E-state index is 12.3. The first-order valence-electron chi connectivity index (χ1n) is 6.61. The Labute approximate surface area is 114 Å². The van der Waals surface area contributed by atoms with Crippen LogP contribution in [-0.2, 0) is 10.2 Å². The summed E-state index contributed by atoms with van der Waals surface area (Å²) >= 11 is 0. The summed E-state index contributed by atoms with van der Waals surface area (Å²) in [5.41, 5.74) is 0. The van der Waals surface area contributed by atoms with Gasteiger partial charge in [0, 0.05) is 26.2 Å². The SMILES string of the molecule is CCNCC1CCCCN1S(=O)(=O)N(C)CC(F)F. The second kappa shape index (κ2) is 7.47. The molecule has 1 unspecified atom stereocenters. The van der Waals surface area contributed by atoms with Gasteiger partial charge < -0.3 is 5.32 Å². The molecule has 1 rings (SSSR count).